The smallest absolute Gasteiger partial charge is 0.128 e. The van der Waals surface area contributed by atoms with Gasteiger partial charge >= 0.3 is 0 Å². The van der Waals surface area contributed by atoms with Crippen LogP contribution in [-0.4, -0.2) is 63.8 Å². The second-order valence-electron chi connectivity index (χ2n) is 4.90. The highest BCUT2D eigenvalue weighted by atomic mass is 15.4. The van der Waals surface area contributed by atoms with Gasteiger partial charge in [0.2, 0.25) is 0 Å². The summed E-state index contributed by atoms with van der Waals surface area (Å²) in [7, 11) is 11.1. The van der Waals surface area contributed by atoms with Gasteiger partial charge in [-0.3, -0.25) is 0 Å². The molecule has 0 aromatic heterocycles. The second-order valence-corrected chi connectivity index (χ2v) is 4.90. The van der Waals surface area contributed by atoms with E-state index >= 15 is 0 Å². The maximum atomic E-state index is 3.92. The first-order valence-electron chi connectivity index (χ1n) is 4.18. The molecule has 67 valence electrons. The Bertz CT molecular complexity index is 111. The van der Waals surface area contributed by atoms with Crippen LogP contribution in [0.25, 0.3) is 0 Å². The van der Waals surface area contributed by atoms with Gasteiger partial charge in [0, 0.05) is 6.92 Å². The average molecular weight is 159 g/mol. The van der Waals surface area contributed by atoms with Crippen molar-refractivity contribution in [1.82, 2.24) is 0 Å². The normalized spacial score (nSPS) is 13.6. The van der Waals surface area contributed by atoms with Crippen molar-refractivity contribution >= 4 is 0 Å². The number of rotatable bonds is 4. The number of quaternary nitrogens is 2. The van der Waals surface area contributed by atoms with E-state index in [4.69, 9.17) is 0 Å². The molecule has 2 nitrogen and oxygen atoms in total. The highest BCUT2D eigenvalue weighted by molar-refractivity contribution is 4.35. The Labute approximate surface area is 71.6 Å². The molecule has 0 atom stereocenters. The van der Waals surface area contributed by atoms with E-state index in [0.717, 1.165) is 15.5 Å². The molecular formula is C9H23N2+2. The summed E-state index contributed by atoms with van der Waals surface area (Å²) in [5.74, 6) is 0. The maximum Gasteiger partial charge on any atom is 0.128 e. The van der Waals surface area contributed by atoms with Gasteiger partial charge in [-0.2, -0.15) is 0 Å². The molecule has 0 bridgehead atoms. The van der Waals surface area contributed by atoms with Gasteiger partial charge in [-0.15, -0.1) is 0 Å². The van der Waals surface area contributed by atoms with Crippen molar-refractivity contribution in [1.29, 1.82) is 0 Å². The molecule has 0 aliphatic heterocycles. The predicted molar refractivity (Wildman–Crippen MR) is 50.1 cm³/mol. The molecule has 2 heteroatoms. The molecule has 0 fully saturated rings. The number of hydrogen-bond donors (Lipinski definition) is 0. The van der Waals surface area contributed by atoms with Gasteiger partial charge in [0.25, 0.3) is 0 Å². The molecule has 0 aliphatic rings. The number of nitrogens with zero attached hydrogens (tertiary/aromatic N) is 2. The zero-order chi connectivity index (χ0) is 9.12. The molecule has 11 heavy (non-hydrogen) atoms. The molecule has 0 heterocycles. The van der Waals surface area contributed by atoms with Crippen LogP contribution in [0.4, 0.5) is 0 Å². The Hall–Kier alpha value is -0.0800. The lowest BCUT2D eigenvalue weighted by Crippen LogP contribution is -2.48. The van der Waals surface area contributed by atoms with Gasteiger partial charge in [0.05, 0.1) is 41.8 Å². The van der Waals surface area contributed by atoms with Crippen molar-refractivity contribution in [2.45, 2.75) is 0 Å². The lowest BCUT2D eigenvalue weighted by atomic mass is 10.4. The maximum absolute atomic E-state index is 3.92. The van der Waals surface area contributed by atoms with E-state index in [-0.39, 0.29) is 0 Å². The van der Waals surface area contributed by atoms with Gasteiger partial charge < -0.3 is 8.97 Å². The fourth-order valence-electron chi connectivity index (χ4n) is 0.683. The molecule has 0 aliphatic carbocycles. The zero-order valence-electron chi connectivity index (χ0n) is 8.72. The highest BCUT2D eigenvalue weighted by Crippen LogP contribution is 1.98. The van der Waals surface area contributed by atoms with E-state index < -0.39 is 0 Å². The summed E-state index contributed by atoms with van der Waals surface area (Å²) in [6.07, 6.45) is 0. The summed E-state index contributed by atoms with van der Waals surface area (Å²) in [5.41, 5.74) is 0. The van der Waals surface area contributed by atoms with Crippen molar-refractivity contribution in [2.24, 2.45) is 0 Å². The fraction of sp³-hybridized carbons (Fsp3) is 0.889. The molecule has 0 aromatic carbocycles. The predicted octanol–water partition coefficient (Wildman–Crippen LogP) is 0.603. The minimum atomic E-state index is 0.972. The molecule has 0 saturated heterocycles. The summed E-state index contributed by atoms with van der Waals surface area (Å²) in [4.78, 5) is 0. The molecular weight excluding hydrogens is 136 g/mol. The summed E-state index contributed by atoms with van der Waals surface area (Å²) in [6.45, 7) is 7.31. The largest absolute Gasteiger partial charge is 0.326 e. The van der Waals surface area contributed by atoms with Crippen LogP contribution in [0, 0.1) is 6.92 Å². The lowest BCUT2D eigenvalue weighted by Gasteiger charge is -2.32. The minimum absolute atomic E-state index is 0.972. The number of likely N-dealkylation sites (N-methyl/N-ethyl adjacent to an activating group) is 2. The van der Waals surface area contributed by atoms with Gasteiger partial charge in [-0.05, 0) is 0 Å². The van der Waals surface area contributed by atoms with Crippen molar-refractivity contribution in [3.63, 3.8) is 0 Å². The van der Waals surface area contributed by atoms with E-state index in [9.17, 15) is 0 Å². The fourth-order valence-corrected chi connectivity index (χ4v) is 0.683. The van der Waals surface area contributed by atoms with Gasteiger partial charge in [0.15, 0.2) is 0 Å². The highest BCUT2D eigenvalue weighted by Gasteiger charge is 2.16. The lowest BCUT2D eigenvalue weighted by molar-refractivity contribution is -0.934. The molecule has 0 rings (SSSR count). The Morgan fingerprint density at radius 3 is 1.64 bits per heavy atom. The topological polar surface area (TPSA) is 0 Å². The van der Waals surface area contributed by atoms with Crippen molar-refractivity contribution < 1.29 is 8.97 Å². The third kappa shape index (κ3) is 6.32. The molecule has 1 radical (unpaired) electrons. The molecule has 0 N–H and O–H groups in total. The van der Waals surface area contributed by atoms with Crippen LogP contribution in [-0.2, 0) is 0 Å². The molecule has 0 spiro atoms. The van der Waals surface area contributed by atoms with E-state index in [1.54, 1.807) is 0 Å². The Morgan fingerprint density at radius 2 is 1.36 bits per heavy atom. The van der Waals surface area contributed by atoms with E-state index in [0.29, 0.717) is 0 Å². The van der Waals surface area contributed by atoms with Crippen LogP contribution in [0.1, 0.15) is 0 Å². The van der Waals surface area contributed by atoms with Crippen LogP contribution in [0.15, 0.2) is 0 Å². The summed E-state index contributed by atoms with van der Waals surface area (Å²) in [5, 5.41) is 0. The molecule has 0 aromatic rings. The van der Waals surface area contributed by atoms with Gasteiger partial charge in [-0.25, -0.2) is 0 Å². The van der Waals surface area contributed by atoms with Crippen molar-refractivity contribution in [3.8, 4) is 0 Å². The van der Waals surface area contributed by atoms with E-state index in [1.165, 1.54) is 13.1 Å². The SMILES string of the molecule is [CH2]C[N+](C)(C)CC[N+](C)(C)C. The minimum Gasteiger partial charge on any atom is -0.326 e. The first kappa shape index (κ1) is 10.9. The number of hydrogen-bond acceptors (Lipinski definition) is 0. The first-order chi connectivity index (χ1) is 4.77. The van der Waals surface area contributed by atoms with Gasteiger partial charge in [0.1, 0.15) is 13.1 Å². The summed E-state index contributed by atoms with van der Waals surface area (Å²) < 4.78 is 2.07. The van der Waals surface area contributed by atoms with E-state index in [2.05, 4.69) is 42.2 Å². The van der Waals surface area contributed by atoms with E-state index in [1.807, 2.05) is 0 Å². The van der Waals surface area contributed by atoms with Crippen LogP contribution in [0.5, 0.6) is 0 Å². The second kappa shape index (κ2) is 3.55. The standard InChI is InChI=1S/C9H23N2/c1-7-11(5,6)9-8-10(2,3)4/h1,7-9H2,2-6H3/q+2. The third-order valence-electron chi connectivity index (χ3n) is 1.98. The van der Waals surface area contributed by atoms with Crippen LogP contribution >= 0.6 is 0 Å². The quantitative estimate of drug-likeness (QED) is 0.527. The van der Waals surface area contributed by atoms with Crippen LogP contribution in [0.2, 0.25) is 0 Å². The molecule has 0 amide bonds. The Kier molecular flexibility index (Phi) is 3.52. The summed E-state index contributed by atoms with van der Waals surface area (Å²) in [6, 6.07) is 0. The zero-order valence-corrected chi connectivity index (χ0v) is 8.72. The first-order valence-corrected chi connectivity index (χ1v) is 4.18. The van der Waals surface area contributed by atoms with Crippen molar-refractivity contribution in [3.05, 3.63) is 6.92 Å². The third-order valence-corrected chi connectivity index (χ3v) is 1.98. The average Bonchev–Trinajstić information content (AvgIpc) is 1.83. The Balaban J connectivity index is 3.70. The monoisotopic (exact) mass is 159 g/mol. The Morgan fingerprint density at radius 1 is 0.909 bits per heavy atom. The molecule has 0 unspecified atom stereocenters. The van der Waals surface area contributed by atoms with Crippen LogP contribution < -0.4 is 0 Å². The molecule has 0 saturated carbocycles. The van der Waals surface area contributed by atoms with Crippen molar-refractivity contribution in [2.75, 3.05) is 54.9 Å². The summed E-state index contributed by atoms with van der Waals surface area (Å²) >= 11 is 0. The van der Waals surface area contributed by atoms with Gasteiger partial charge in [-0.1, -0.05) is 0 Å². The van der Waals surface area contributed by atoms with Crippen LogP contribution in [0.3, 0.4) is 0 Å².